The molecule has 0 saturated carbocycles. The molecule has 4 heterocycles. The van der Waals surface area contributed by atoms with Crippen molar-refractivity contribution in [2.24, 2.45) is 0 Å². The Morgan fingerprint density at radius 2 is 2.24 bits per heavy atom. The maximum Gasteiger partial charge on any atom is 0.176 e. The van der Waals surface area contributed by atoms with Gasteiger partial charge in [0.25, 0.3) is 0 Å². The van der Waals surface area contributed by atoms with Gasteiger partial charge in [-0.3, -0.25) is 0 Å². The zero-order valence-electron chi connectivity index (χ0n) is 11.8. The van der Waals surface area contributed by atoms with E-state index in [0.717, 1.165) is 30.4 Å². The smallest absolute Gasteiger partial charge is 0.176 e. The van der Waals surface area contributed by atoms with Crippen LogP contribution < -0.4 is 4.90 Å². The zero-order valence-corrected chi connectivity index (χ0v) is 12.6. The summed E-state index contributed by atoms with van der Waals surface area (Å²) >= 11 is 1.75. The largest absolute Gasteiger partial charge is 0.354 e. The van der Waals surface area contributed by atoms with Crippen molar-refractivity contribution < 1.29 is 0 Å². The van der Waals surface area contributed by atoms with Gasteiger partial charge in [-0.15, -0.1) is 26.2 Å². The first-order valence-corrected chi connectivity index (χ1v) is 8.02. The molecule has 0 spiro atoms. The molecule has 108 valence electrons. The average Bonchev–Trinajstić information content (AvgIpc) is 3.15. The average molecular weight is 300 g/mol. The van der Waals surface area contributed by atoms with Crippen LogP contribution in [-0.2, 0) is 0 Å². The fraction of sp³-hybridized carbons (Fsp3) is 0.429. The number of hydrogen-bond acceptors (Lipinski definition) is 6. The van der Waals surface area contributed by atoms with Gasteiger partial charge >= 0.3 is 0 Å². The molecule has 0 radical (unpaired) electrons. The molecule has 0 aliphatic carbocycles. The highest BCUT2D eigenvalue weighted by atomic mass is 32.1. The lowest BCUT2D eigenvalue weighted by Gasteiger charge is -2.32. The molecule has 3 aromatic heterocycles. The van der Waals surface area contributed by atoms with Gasteiger partial charge in [-0.1, -0.05) is 0 Å². The fourth-order valence-corrected chi connectivity index (χ4v) is 3.64. The van der Waals surface area contributed by atoms with Crippen LogP contribution in [0.1, 0.15) is 29.6 Å². The predicted octanol–water partition coefficient (Wildman–Crippen LogP) is 2.27. The number of piperidine rings is 1. The minimum absolute atomic E-state index is 0.508. The first-order chi connectivity index (χ1) is 10.3. The van der Waals surface area contributed by atoms with Crippen LogP contribution in [0, 0.1) is 6.92 Å². The topological polar surface area (TPSA) is 59.2 Å². The van der Waals surface area contributed by atoms with Crippen molar-refractivity contribution >= 4 is 22.8 Å². The van der Waals surface area contributed by atoms with E-state index in [-0.39, 0.29) is 0 Å². The van der Waals surface area contributed by atoms with Gasteiger partial charge < -0.3 is 4.90 Å². The van der Waals surface area contributed by atoms with Crippen molar-refractivity contribution in [2.45, 2.75) is 25.7 Å². The number of rotatable bonds is 2. The van der Waals surface area contributed by atoms with E-state index < -0.39 is 0 Å². The third-order valence-corrected chi connectivity index (χ3v) is 4.78. The summed E-state index contributed by atoms with van der Waals surface area (Å²) in [6.07, 6.45) is 4.26. The predicted molar refractivity (Wildman–Crippen MR) is 81.8 cm³/mol. The Kier molecular flexibility index (Phi) is 3.07. The number of hydrogen-bond donors (Lipinski definition) is 0. The molecule has 1 aliphatic rings. The van der Waals surface area contributed by atoms with Crippen LogP contribution in [0.25, 0.3) is 5.65 Å². The quantitative estimate of drug-likeness (QED) is 0.726. The van der Waals surface area contributed by atoms with Crippen molar-refractivity contribution in [1.82, 2.24) is 24.8 Å². The van der Waals surface area contributed by atoms with E-state index in [1.807, 2.05) is 25.3 Å². The van der Waals surface area contributed by atoms with E-state index in [0.29, 0.717) is 5.92 Å². The minimum atomic E-state index is 0.508. The van der Waals surface area contributed by atoms with Gasteiger partial charge in [-0.05, 0) is 31.9 Å². The van der Waals surface area contributed by atoms with Crippen LogP contribution >= 0.6 is 11.3 Å². The molecule has 0 bridgehead atoms. The van der Waals surface area contributed by atoms with Gasteiger partial charge in [0.15, 0.2) is 11.5 Å². The van der Waals surface area contributed by atoms with Crippen molar-refractivity contribution in [3.63, 3.8) is 0 Å². The number of aromatic nitrogens is 5. The molecule has 7 heteroatoms. The van der Waals surface area contributed by atoms with Crippen LogP contribution in [0.5, 0.6) is 0 Å². The number of nitrogens with zero attached hydrogens (tertiary/aromatic N) is 6. The molecule has 21 heavy (non-hydrogen) atoms. The highest BCUT2D eigenvalue weighted by molar-refractivity contribution is 7.09. The summed E-state index contributed by atoms with van der Waals surface area (Å²) < 4.78 is 1.62. The van der Waals surface area contributed by atoms with Crippen LogP contribution in [0.15, 0.2) is 23.7 Å². The molecular formula is C14H16N6S. The van der Waals surface area contributed by atoms with Crippen LogP contribution in [0.3, 0.4) is 0 Å². The van der Waals surface area contributed by atoms with E-state index in [9.17, 15) is 0 Å². The Labute approximate surface area is 126 Å². The van der Waals surface area contributed by atoms with Gasteiger partial charge in [0.05, 0.1) is 5.01 Å². The summed E-state index contributed by atoms with van der Waals surface area (Å²) in [5.74, 6) is 2.22. The van der Waals surface area contributed by atoms with Gasteiger partial charge in [0, 0.05) is 30.6 Å². The second-order valence-corrected chi connectivity index (χ2v) is 6.28. The van der Waals surface area contributed by atoms with E-state index in [1.54, 1.807) is 16.0 Å². The van der Waals surface area contributed by atoms with E-state index in [4.69, 9.17) is 0 Å². The third-order valence-electron chi connectivity index (χ3n) is 3.85. The summed E-state index contributed by atoms with van der Waals surface area (Å²) in [7, 11) is 0. The normalized spacial score (nSPS) is 19.3. The minimum Gasteiger partial charge on any atom is -0.354 e. The summed E-state index contributed by atoms with van der Waals surface area (Å²) in [6.45, 7) is 3.89. The summed E-state index contributed by atoms with van der Waals surface area (Å²) in [5, 5.41) is 12.2. The highest BCUT2D eigenvalue weighted by Gasteiger charge is 2.24. The lowest BCUT2D eigenvalue weighted by molar-refractivity contribution is 0.502. The molecule has 0 aromatic carbocycles. The second kappa shape index (κ2) is 5.07. The lowest BCUT2D eigenvalue weighted by Crippen LogP contribution is -2.35. The lowest BCUT2D eigenvalue weighted by atomic mass is 9.99. The van der Waals surface area contributed by atoms with E-state index in [1.165, 1.54) is 17.8 Å². The first-order valence-electron chi connectivity index (χ1n) is 7.14. The fourth-order valence-electron chi connectivity index (χ4n) is 2.87. The standard InChI is InChI=1S/C14H16N6S/c1-10-16-12-4-5-13(18-20(12)17-10)19-7-2-3-11(9-19)14-15-6-8-21-14/h4-6,8,11H,2-3,7,9H2,1H3/t11-/m1/s1. The molecule has 0 N–H and O–H groups in total. The summed E-state index contributed by atoms with van der Waals surface area (Å²) in [5.41, 5.74) is 0.796. The molecule has 4 rings (SSSR count). The summed E-state index contributed by atoms with van der Waals surface area (Å²) in [4.78, 5) is 11.1. The Balaban J connectivity index is 1.61. The van der Waals surface area contributed by atoms with Gasteiger partial charge in [0.2, 0.25) is 0 Å². The molecule has 1 fully saturated rings. The maximum atomic E-state index is 4.59. The zero-order chi connectivity index (χ0) is 14.2. The second-order valence-electron chi connectivity index (χ2n) is 5.35. The Bertz CT molecular complexity index is 750. The Hall–Kier alpha value is -2.02. The highest BCUT2D eigenvalue weighted by Crippen LogP contribution is 2.30. The maximum absolute atomic E-state index is 4.59. The molecule has 1 saturated heterocycles. The Morgan fingerprint density at radius 1 is 1.29 bits per heavy atom. The third kappa shape index (κ3) is 2.37. The van der Waals surface area contributed by atoms with Gasteiger partial charge in [0.1, 0.15) is 5.82 Å². The van der Waals surface area contributed by atoms with Crippen molar-refractivity contribution in [1.29, 1.82) is 0 Å². The monoisotopic (exact) mass is 300 g/mol. The summed E-state index contributed by atoms with van der Waals surface area (Å²) in [6, 6.07) is 4.02. The van der Waals surface area contributed by atoms with Crippen molar-refractivity contribution in [3.05, 3.63) is 34.5 Å². The van der Waals surface area contributed by atoms with Crippen LogP contribution in [-0.4, -0.2) is 37.9 Å². The van der Waals surface area contributed by atoms with Gasteiger partial charge in [-0.25, -0.2) is 9.97 Å². The van der Waals surface area contributed by atoms with Crippen LogP contribution in [0.2, 0.25) is 0 Å². The van der Waals surface area contributed by atoms with Crippen molar-refractivity contribution in [2.75, 3.05) is 18.0 Å². The number of aryl methyl sites for hydroxylation is 1. The molecule has 3 aromatic rings. The Morgan fingerprint density at radius 3 is 3.10 bits per heavy atom. The molecule has 1 atom stereocenters. The number of anilines is 1. The molecule has 0 unspecified atom stereocenters. The molecule has 0 amide bonds. The van der Waals surface area contributed by atoms with Crippen LogP contribution in [0.4, 0.5) is 5.82 Å². The number of fused-ring (bicyclic) bond motifs is 1. The molecule has 6 nitrogen and oxygen atoms in total. The molecular weight excluding hydrogens is 284 g/mol. The SMILES string of the molecule is Cc1nc2ccc(N3CCC[C@@H](c4nccs4)C3)nn2n1. The van der Waals surface area contributed by atoms with E-state index >= 15 is 0 Å². The van der Waals surface area contributed by atoms with Gasteiger partial charge in [-0.2, -0.15) is 0 Å². The first kappa shape index (κ1) is 12.7. The molecule has 1 aliphatic heterocycles. The van der Waals surface area contributed by atoms with E-state index in [2.05, 4.69) is 30.4 Å². The van der Waals surface area contributed by atoms with Crippen molar-refractivity contribution in [3.8, 4) is 0 Å². The number of thiazole rings is 1.